The first-order chi connectivity index (χ1) is 18.3. The molecule has 2 aromatic heterocycles. The van der Waals surface area contributed by atoms with Gasteiger partial charge in [0.25, 0.3) is 5.78 Å². The van der Waals surface area contributed by atoms with Gasteiger partial charge in [0.05, 0.1) is 17.7 Å². The minimum atomic E-state index is -4.65. The number of carboxylic acids is 2. The predicted molar refractivity (Wildman–Crippen MR) is 136 cm³/mol. The van der Waals surface area contributed by atoms with Crippen molar-refractivity contribution in [3.05, 3.63) is 47.4 Å². The van der Waals surface area contributed by atoms with E-state index in [2.05, 4.69) is 25.7 Å². The van der Waals surface area contributed by atoms with Gasteiger partial charge >= 0.3 is 18.1 Å². The summed E-state index contributed by atoms with van der Waals surface area (Å²) < 4.78 is 75.5. The molecule has 0 fully saturated rings. The van der Waals surface area contributed by atoms with Gasteiger partial charge in [-0.05, 0) is 26.9 Å². The van der Waals surface area contributed by atoms with Crippen molar-refractivity contribution in [3.63, 3.8) is 0 Å². The van der Waals surface area contributed by atoms with Crippen molar-refractivity contribution in [2.75, 3.05) is 25.5 Å². The van der Waals surface area contributed by atoms with Crippen LogP contribution in [0, 0.1) is 11.6 Å². The van der Waals surface area contributed by atoms with Crippen LogP contribution >= 0.6 is 11.6 Å². The van der Waals surface area contributed by atoms with Crippen LogP contribution in [0.15, 0.2) is 30.6 Å². The van der Waals surface area contributed by atoms with E-state index in [1.54, 1.807) is 7.05 Å². The zero-order valence-electron chi connectivity index (χ0n) is 21.3. The smallest absolute Gasteiger partial charge is 0.408 e. The molecule has 0 amide bonds. The average Bonchev–Trinajstić information content (AvgIpc) is 3.29. The summed E-state index contributed by atoms with van der Waals surface area (Å²) in [5.74, 6) is -5.31. The van der Waals surface area contributed by atoms with E-state index in [1.807, 2.05) is 0 Å². The molecule has 1 atom stereocenters. The lowest BCUT2D eigenvalue weighted by Gasteiger charge is -2.21. The van der Waals surface area contributed by atoms with Gasteiger partial charge in [-0.3, -0.25) is 0 Å². The molecular formula is C22H26ClF5N6O7. The van der Waals surface area contributed by atoms with Crippen molar-refractivity contribution < 1.29 is 57.4 Å². The lowest BCUT2D eigenvalue weighted by Crippen LogP contribution is -2.34. The van der Waals surface area contributed by atoms with Gasteiger partial charge in [0, 0.05) is 24.3 Å². The second-order valence-corrected chi connectivity index (χ2v) is 7.94. The van der Waals surface area contributed by atoms with Crippen LogP contribution in [0.1, 0.15) is 13.3 Å². The third kappa shape index (κ3) is 10.4. The molecule has 1 aromatic carbocycles. The topological polar surface area (TPSA) is 214 Å². The van der Waals surface area contributed by atoms with E-state index in [1.165, 1.54) is 0 Å². The first-order valence-corrected chi connectivity index (χ1v) is 11.3. The monoisotopic (exact) mass is 616 g/mol. The Kier molecular flexibility index (Phi) is 14.6. The summed E-state index contributed by atoms with van der Waals surface area (Å²) in [6, 6.07) is -0.231. The molecule has 13 nitrogen and oxygen atoms in total. The lowest BCUT2D eigenvalue weighted by molar-refractivity contribution is -0.138. The molecule has 3 rings (SSSR count). The number of halogens is 6. The summed E-state index contributed by atoms with van der Waals surface area (Å²) in [5.41, 5.74) is -1.10. The van der Waals surface area contributed by atoms with Crippen LogP contribution in [-0.4, -0.2) is 85.1 Å². The largest absolute Gasteiger partial charge is 0.493 e. The second-order valence-electron chi connectivity index (χ2n) is 7.58. The normalized spacial score (nSPS) is 11.6. The van der Waals surface area contributed by atoms with Gasteiger partial charge in [-0.25, -0.2) is 18.4 Å². The third-order valence-electron chi connectivity index (χ3n) is 4.70. The van der Waals surface area contributed by atoms with Gasteiger partial charge in [-0.2, -0.15) is 32.8 Å². The highest BCUT2D eigenvalue weighted by molar-refractivity contribution is 6.33. The van der Waals surface area contributed by atoms with Crippen molar-refractivity contribution in [2.24, 2.45) is 0 Å². The van der Waals surface area contributed by atoms with E-state index in [0.717, 1.165) is 29.9 Å². The fourth-order valence-corrected chi connectivity index (χ4v) is 3.17. The summed E-state index contributed by atoms with van der Waals surface area (Å²) in [5, 5.41) is 24.1. The first-order valence-electron chi connectivity index (χ1n) is 10.9. The Morgan fingerprint density at radius 1 is 1.12 bits per heavy atom. The number of nitrogens with one attached hydrogen (secondary N) is 2. The molecule has 41 heavy (non-hydrogen) atoms. The van der Waals surface area contributed by atoms with Crippen molar-refractivity contribution in [2.45, 2.75) is 25.6 Å². The molecule has 2 heterocycles. The van der Waals surface area contributed by atoms with Gasteiger partial charge in [-0.1, -0.05) is 11.6 Å². The van der Waals surface area contributed by atoms with Gasteiger partial charge in [0.2, 0.25) is 0 Å². The minimum absolute atomic E-state index is 0. The molecule has 0 bridgehead atoms. The number of nitrogens with zero attached hydrogens (tertiary/aromatic N) is 4. The van der Waals surface area contributed by atoms with E-state index < -0.39 is 57.9 Å². The van der Waals surface area contributed by atoms with Gasteiger partial charge < -0.3 is 36.5 Å². The maximum atomic E-state index is 14.9. The number of carbonyl (C=O) groups is 2. The maximum Gasteiger partial charge on any atom is 0.408 e. The van der Waals surface area contributed by atoms with E-state index in [9.17, 15) is 31.5 Å². The van der Waals surface area contributed by atoms with E-state index in [0.29, 0.717) is 25.1 Å². The predicted octanol–water partition coefficient (Wildman–Crippen LogP) is 2.14. The van der Waals surface area contributed by atoms with Crippen LogP contribution in [0.3, 0.4) is 0 Å². The Balaban J connectivity index is 0.00000140. The molecule has 0 unspecified atom stereocenters. The summed E-state index contributed by atoms with van der Waals surface area (Å²) in [6.07, 6.45) is -1.91. The van der Waals surface area contributed by atoms with Crippen LogP contribution < -0.4 is 15.4 Å². The number of hydrogen-bond acceptors (Lipinski definition) is 8. The summed E-state index contributed by atoms with van der Waals surface area (Å²) in [4.78, 5) is 26.8. The van der Waals surface area contributed by atoms with Crippen molar-refractivity contribution in [3.8, 4) is 16.9 Å². The van der Waals surface area contributed by atoms with Gasteiger partial charge in [0.1, 0.15) is 40.7 Å². The van der Waals surface area contributed by atoms with Crippen LogP contribution in [0.5, 0.6) is 5.75 Å². The molecule has 228 valence electrons. The van der Waals surface area contributed by atoms with Crippen LogP contribution in [0.2, 0.25) is 5.15 Å². The molecule has 0 radical (unpaired) electrons. The second kappa shape index (κ2) is 16.2. The number of aliphatic carboxylic acids is 2. The van der Waals surface area contributed by atoms with Crippen LogP contribution in [-0.2, 0) is 9.59 Å². The maximum absolute atomic E-state index is 14.9. The number of fused-ring (bicyclic) bond motifs is 1. The SMILES string of the molecule is CNCCCOc1cc(F)c(-c2c(Cl)nc3ncnn3c2N[C@H](C)C(F)(F)F)c(F)c1.O.O.O=C(O)/C=C/C(=O)O. The highest BCUT2D eigenvalue weighted by Crippen LogP contribution is 2.39. The molecule has 0 saturated heterocycles. The quantitative estimate of drug-likeness (QED) is 0.113. The Bertz CT molecular complexity index is 1320. The number of benzene rings is 1. The van der Waals surface area contributed by atoms with Crippen molar-refractivity contribution in [1.29, 1.82) is 0 Å². The summed E-state index contributed by atoms with van der Waals surface area (Å²) >= 11 is 6.11. The fourth-order valence-electron chi connectivity index (χ4n) is 2.91. The van der Waals surface area contributed by atoms with Crippen molar-refractivity contribution >= 4 is 35.1 Å². The zero-order valence-corrected chi connectivity index (χ0v) is 22.0. The molecule has 3 aromatic rings. The molecule has 0 aliphatic rings. The first kappa shape index (κ1) is 36.9. The Morgan fingerprint density at radius 2 is 1.68 bits per heavy atom. The van der Waals surface area contributed by atoms with Crippen LogP contribution in [0.4, 0.5) is 27.8 Å². The number of alkyl halides is 3. The molecule has 0 aliphatic carbocycles. The Labute approximate surface area is 233 Å². The lowest BCUT2D eigenvalue weighted by atomic mass is 10.1. The fraction of sp³-hybridized carbons (Fsp3) is 0.318. The Hall–Kier alpha value is -4.13. The summed E-state index contributed by atoms with van der Waals surface area (Å²) in [7, 11) is 1.75. The van der Waals surface area contributed by atoms with Gasteiger partial charge in [0.15, 0.2) is 0 Å². The number of ether oxygens (including phenoxy) is 1. The van der Waals surface area contributed by atoms with Gasteiger partial charge in [-0.15, -0.1) is 0 Å². The Morgan fingerprint density at radius 3 is 2.17 bits per heavy atom. The third-order valence-corrected chi connectivity index (χ3v) is 4.97. The number of hydrogen-bond donors (Lipinski definition) is 4. The van der Waals surface area contributed by atoms with Crippen molar-refractivity contribution in [1.82, 2.24) is 24.9 Å². The standard InChI is InChI=1S/C18H18ClF5N6O.C4H4O4.2H2O/c1-9(18(22,23)24)28-16-14(15(19)29-17-26-8-27-30(16)17)13-11(20)6-10(7-12(13)21)31-5-3-4-25-2;5-3(6)1-2-4(7)8;;/h6-9,25,28H,3-5H2,1-2H3;1-2H,(H,5,6)(H,7,8);2*1H2/b;2-1+;;/t9-;;;/m1.../s1. The molecular weight excluding hydrogens is 591 g/mol. The average molecular weight is 617 g/mol. The molecule has 8 N–H and O–H groups in total. The van der Waals surface area contributed by atoms with Crippen LogP contribution in [0.25, 0.3) is 16.9 Å². The molecule has 0 saturated carbocycles. The van der Waals surface area contributed by atoms with E-state index in [4.69, 9.17) is 26.6 Å². The molecule has 0 aliphatic heterocycles. The highest BCUT2D eigenvalue weighted by atomic mass is 35.5. The molecule has 19 heteroatoms. The zero-order chi connectivity index (χ0) is 29.3. The summed E-state index contributed by atoms with van der Waals surface area (Å²) in [6.45, 7) is 1.70. The highest BCUT2D eigenvalue weighted by Gasteiger charge is 2.37. The number of rotatable bonds is 10. The van der Waals surface area contributed by atoms with E-state index in [-0.39, 0.29) is 29.1 Å². The van der Waals surface area contributed by atoms with E-state index >= 15 is 0 Å². The minimum Gasteiger partial charge on any atom is -0.493 e. The number of anilines is 1. The molecule has 0 spiro atoms. The number of carboxylic acid groups (broad SMARTS) is 2. The number of aromatic nitrogens is 4.